The fourth-order valence-corrected chi connectivity index (χ4v) is 2.10. The van der Waals surface area contributed by atoms with Gasteiger partial charge in [0.15, 0.2) is 0 Å². The molecule has 2 nitrogen and oxygen atoms in total. The number of rotatable bonds is 2. The molecular weight excluding hydrogens is 219 g/mol. The number of aliphatic hydroxyl groups excluding tert-OH is 1. The predicted octanol–water partition coefficient (Wildman–Crippen LogP) is 3.43. The van der Waals surface area contributed by atoms with Gasteiger partial charge in [0.05, 0.1) is 0 Å². The van der Waals surface area contributed by atoms with Crippen molar-refractivity contribution in [2.75, 3.05) is 0 Å². The first-order valence-electron chi connectivity index (χ1n) is 5.50. The van der Waals surface area contributed by atoms with E-state index < -0.39 is 6.10 Å². The summed E-state index contributed by atoms with van der Waals surface area (Å²) in [5.74, 6) is 0.948. The Kier molecular flexibility index (Phi) is 3.03. The molecule has 0 saturated heterocycles. The highest BCUT2D eigenvalue weighted by molar-refractivity contribution is 5.39. The zero-order valence-corrected chi connectivity index (χ0v) is 10.1. The highest BCUT2D eigenvalue weighted by Crippen LogP contribution is 2.29. The molecule has 0 radical (unpaired) electrons. The standard InChI is InChI=1S/C14H15FO2/c1-8-6-11(15)7-9(2)13(8)14(16)12-5-4-10(3)17-12/h4-7,14,16H,1-3H3. The summed E-state index contributed by atoms with van der Waals surface area (Å²) in [5.41, 5.74) is 2.16. The number of hydrogen-bond acceptors (Lipinski definition) is 2. The van der Waals surface area contributed by atoms with E-state index in [2.05, 4.69) is 0 Å². The second-order valence-electron chi connectivity index (χ2n) is 4.30. The Bertz CT molecular complexity index is 520. The number of halogens is 1. The van der Waals surface area contributed by atoms with Crippen LogP contribution in [-0.4, -0.2) is 5.11 Å². The van der Waals surface area contributed by atoms with Gasteiger partial charge in [-0.25, -0.2) is 4.39 Å². The van der Waals surface area contributed by atoms with Gasteiger partial charge < -0.3 is 9.52 Å². The minimum Gasteiger partial charge on any atom is -0.463 e. The summed E-state index contributed by atoms with van der Waals surface area (Å²) in [7, 11) is 0. The van der Waals surface area contributed by atoms with Crippen LogP contribution in [0.25, 0.3) is 0 Å². The first-order valence-corrected chi connectivity index (χ1v) is 5.50. The Labute approximate surface area is 99.7 Å². The molecule has 1 aromatic heterocycles. The molecule has 1 atom stereocenters. The van der Waals surface area contributed by atoms with E-state index >= 15 is 0 Å². The van der Waals surface area contributed by atoms with Crippen molar-refractivity contribution in [1.29, 1.82) is 0 Å². The lowest BCUT2D eigenvalue weighted by Crippen LogP contribution is -2.04. The maximum Gasteiger partial charge on any atom is 0.137 e. The van der Waals surface area contributed by atoms with E-state index in [1.807, 2.05) is 6.92 Å². The molecule has 0 saturated carbocycles. The van der Waals surface area contributed by atoms with Crippen LogP contribution < -0.4 is 0 Å². The SMILES string of the molecule is Cc1ccc(C(O)c2c(C)cc(F)cc2C)o1. The predicted molar refractivity (Wildman–Crippen MR) is 63.4 cm³/mol. The zero-order valence-electron chi connectivity index (χ0n) is 10.1. The Morgan fingerprint density at radius 2 is 1.71 bits per heavy atom. The monoisotopic (exact) mass is 234 g/mol. The number of benzene rings is 1. The minimum atomic E-state index is -0.843. The summed E-state index contributed by atoms with van der Waals surface area (Å²) in [5, 5.41) is 10.2. The molecule has 0 bridgehead atoms. The van der Waals surface area contributed by atoms with Gasteiger partial charge >= 0.3 is 0 Å². The van der Waals surface area contributed by atoms with Gasteiger partial charge in [-0.3, -0.25) is 0 Å². The normalized spacial score (nSPS) is 12.8. The Morgan fingerprint density at radius 1 is 1.12 bits per heavy atom. The third-order valence-electron chi connectivity index (χ3n) is 2.86. The smallest absolute Gasteiger partial charge is 0.137 e. The molecule has 0 amide bonds. The summed E-state index contributed by atoms with van der Waals surface area (Å²) in [6, 6.07) is 6.37. The Hall–Kier alpha value is -1.61. The lowest BCUT2D eigenvalue weighted by Gasteiger charge is -2.14. The highest BCUT2D eigenvalue weighted by Gasteiger charge is 2.19. The largest absolute Gasteiger partial charge is 0.463 e. The van der Waals surface area contributed by atoms with Crippen molar-refractivity contribution >= 4 is 0 Å². The first kappa shape index (κ1) is 11.9. The average molecular weight is 234 g/mol. The Balaban J connectivity index is 2.47. The summed E-state index contributed by atoms with van der Waals surface area (Å²) in [4.78, 5) is 0. The number of furan rings is 1. The molecule has 90 valence electrons. The van der Waals surface area contributed by atoms with E-state index in [9.17, 15) is 9.50 Å². The van der Waals surface area contributed by atoms with Crippen LogP contribution in [0.4, 0.5) is 4.39 Å². The van der Waals surface area contributed by atoms with E-state index in [0.717, 1.165) is 16.9 Å². The van der Waals surface area contributed by atoms with Crippen LogP contribution in [0, 0.1) is 26.6 Å². The first-order chi connectivity index (χ1) is 7.99. The van der Waals surface area contributed by atoms with Crippen molar-refractivity contribution in [2.45, 2.75) is 26.9 Å². The molecule has 2 rings (SSSR count). The second kappa shape index (κ2) is 4.34. The minimum absolute atomic E-state index is 0.286. The number of aryl methyl sites for hydroxylation is 3. The summed E-state index contributed by atoms with van der Waals surface area (Å²) < 4.78 is 18.6. The zero-order chi connectivity index (χ0) is 12.6. The molecule has 1 N–H and O–H groups in total. The third-order valence-corrected chi connectivity index (χ3v) is 2.86. The maximum atomic E-state index is 13.2. The highest BCUT2D eigenvalue weighted by atomic mass is 19.1. The molecule has 1 unspecified atom stereocenters. The average Bonchev–Trinajstić information content (AvgIpc) is 2.63. The molecule has 1 heterocycles. The molecular formula is C14H15FO2. The lowest BCUT2D eigenvalue weighted by atomic mass is 9.96. The van der Waals surface area contributed by atoms with E-state index in [4.69, 9.17) is 4.42 Å². The number of aliphatic hydroxyl groups is 1. The van der Waals surface area contributed by atoms with Crippen LogP contribution >= 0.6 is 0 Å². The molecule has 0 aliphatic carbocycles. The van der Waals surface area contributed by atoms with Crippen LogP contribution in [0.3, 0.4) is 0 Å². The van der Waals surface area contributed by atoms with Crippen molar-refractivity contribution in [1.82, 2.24) is 0 Å². The summed E-state index contributed by atoms with van der Waals surface area (Å²) in [6.45, 7) is 5.38. The van der Waals surface area contributed by atoms with Crippen LogP contribution in [-0.2, 0) is 0 Å². The molecule has 0 fully saturated rings. The van der Waals surface area contributed by atoms with Crippen molar-refractivity contribution in [3.63, 3.8) is 0 Å². The molecule has 0 aliphatic rings. The molecule has 1 aromatic carbocycles. The maximum absolute atomic E-state index is 13.2. The van der Waals surface area contributed by atoms with Crippen LogP contribution in [0.15, 0.2) is 28.7 Å². The topological polar surface area (TPSA) is 33.4 Å². The Morgan fingerprint density at radius 3 is 2.18 bits per heavy atom. The molecule has 0 aliphatic heterocycles. The lowest BCUT2D eigenvalue weighted by molar-refractivity contribution is 0.186. The van der Waals surface area contributed by atoms with E-state index in [1.165, 1.54) is 12.1 Å². The van der Waals surface area contributed by atoms with E-state index in [1.54, 1.807) is 26.0 Å². The van der Waals surface area contributed by atoms with Gasteiger partial charge in [0.2, 0.25) is 0 Å². The van der Waals surface area contributed by atoms with E-state index in [0.29, 0.717) is 11.3 Å². The molecule has 2 aromatic rings. The fraction of sp³-hybridized carbons (Fsp3) is 0.286. The van der Waals surface area contributed by atoms with Crippen molar-refractivity contribution in [3.8, 4) is 0 Å². The molecule has 17 heavy (non-hydrogen) atoms. The van der Waals surface area contributed by atoms with Crippen LogP contribution in [0.1, 0.15) is 34.3 Å². The fourth-order valence-electron chi connectivity index (χ4n) is 2.10. The number of hydrogen-bond donors (Lipinski definition) is 1. The van der Waals surface area contributed by atoms with Gasteiger partial charge in [-0.05, 0) is 61.7 Å². The third kappa shape index (κ3) is 2.24. The van der Waals surface area contributed by atoms with Crippen molar-refractivity contribution < 1.29 is 13.9 Å². The second-order valence-corrected chi connectivity index (χ2v) is 4.30. The quantitative estimate of drug-likeness (QED) is 0.863. The van der Waals surface area contributed by atoms with Gasteiger partial charge in [-0.2, -0.15) is 0 Å². The van der Waals surface area contributed by atoms with Crippen LogP contribution in [0.5, 0.6) is 0 Å². The van der Waals surface area contributed by atoms with Crippen molar-refractivity contribution in [2.24, 2.45) is 0 Å². The molecule has 3 heteroatoms. The van der Waals surface area contributed by atoms with Gasteiger partial charge in [0, 0.05) is 0 Å². The van der Waals surface area contributed by atoms with Gasteiger partial charge in [-0.15, -0.1) is 0 Å². The summed E-state index contributed by atoms with van der Waals surface area (Å²) >= 11 is 0. The van der Waals surface area contributed by atoms with Crippen LogP contribution in [0.2, 0.25) is 0 Å². The van der Waals surface area contributed by atoms with Crippen molar-refractivity contribution in [3.05, 3.63) is 58.3 Å². The van der Waals surface area contributed by atoms with Gasteiger partial charge in [0.25, 0.3) is 0 Å². The van der Waals surface area contributed by atoms with Gasteiger partial charge in [0.1, 0.15) is 23.4 Å². The summed E-state index contributed by atoms with van der Waals surface area (Å²) in [6.07, 6.45) is -0.843. The van der Waals surface area contributed by atoms with Gasteiger partial charge in [-0.1, -0.05) is 0 Å². The van der Waals surface area contributed by atoms with E-state index in [-0.39, 0.29) is 5.82 Å². The molecule has 0 spiro atoms.